The first kappa shape index (κ1) is 17.7. The fraction of sp³-hybridized carbons (Fsp3) is 0.846. The molecule has 122 valence electrons. The van der Waals surface area contributed by atoms with E-state index in [9.17, 15) is 13.2 Å². The van der Waals surface area contributed by atoms with Crippen LogP contribution < -0.4 is 0 Å². The van der Waals surface area contributed by atoms with Crippen molar-refractivity contribution in [1.29, 1.82) is 0 Å². The molecule has 0 N–H and O–H groups in total. The van der Waals surface area contributed by atoms with Gasteiger partial charge in [-0.1, -0.05) is 13.8 Å². The summed E-state index contributed by atoms with van der Waals surface area (Å²) in [7, 11) is 2.96. The number of hydrogen-bond acceptors (Lipinski definition) is 5. The molecule has 0 aliphatic carbocycles. The topological polar surface area (TPSA) is 52.4 Å². The van der Waals surface area contributed by atoms with Gasteiger partial charge in [0.15, 0.2) is 0 Å². The average Bonchev–Trinajstić information content (AvgIpc) is 2.41. The van der Waals surface area contributed by atoms with Crippen LogP contribution in [0.5, 0.6) is 0 Å². The minimum atomic E-state index is -4.32. The van der Waals surface area contributed by atoms with E-state index in [0.717, 1.165) is 0 Å². The van der Waals surface area contributed by atoms with E-state index in [2.05, 4.69) is 14.7 Å². The molecule has 0 unspecified atom stereocenters. The molecule has 1 aliphatic rings. The van der Waals surface area contributed by atoms with Crippen molar-refractivity contribution in [3.8, 4) is 0 Å². The molecule has 1 rings (SSSR count). The van der Waals surface area contributed by atoms with Crippen LogP contribution in [0.15, 0.2) is 9.98 Å². The highest BCUT2D eigenvalue weighted by atomic mass is 19.4. The molecule has 2 atom stereocenters. The maximum atomic E-state index is 12.0. The van der Waals surface area contributed by atoms with Gasteiger partial charge in [-0.2, -0.15) is 13.2 Å². The molecule has 0 saturated heterocycles. The standard InChI is InChI=1S/C13H21F3N2O3/c1-8(2)10-12(20-4)17-9(11(18-10)19-3)5-6-21-7-13(14,15)16/h8-10H,5-7H2,1-4H3/t9-,10+/m0/s1. The van der Waals surface area contributed by atoms with Gasteiger partial charge in [-0.3, -0.25) is 0 Å². The Labute approximate surface area is 122 Å². The fourth-order valence-corrected chi connectivity index (χ4v) is 1.93. The Balaban J connectivity index is 2.64. The van der Waals surface area contributed by atoms with Crippen LogP contribution >= 0.6 is 0 Å². The number of halogens is 3. The number of ether oxygens (including phenoxy) is 3. The van der Waals surface area contributed by atoms with E-state index in [1.807, 2.05) is 13.8 Å². The highest BCUT2D eigenvalue weighted by Gasteiger charge is 2.31. The molecule has 0 aromatic heterocycles. The Morgan fingerprint density at radius 2 is 1.71 bits per heavy atom. The lowest BCUT2D eigenvalue weighted by molar-refractivity contribution is -0.174. The summed E-state index contributed by atoms with van der Waals surface area (Å²) in [5.41, 5.74) is 0. The summed E-state index contributed by atoms with van der Waals surface area (Å²) < 4.78 is 51.0. The SMILES string of the molecule is COC1=N[C@H](C(C)C)C(OC)=N[C@H]1CCOCC(F)(F)F. The third kappa shape index (κ3) is 5.53. The predicted octanol–water partition coefficient (Wildman–Crippen LogP) is 2.45. The van der Waals surface area contributed by atoms with Gasteiger partial charge in [0.2, 0.25) is 11.8 Å². The minimum Gasteiger partial charge on any atom is -0.483 e. The van der Waals surface area contributed by atoms with E-state index in [1.165, 1.54) is 14.2 Å². The molecule has 0 aromatic carbocycles. The molecule has 0 fully saturated rings. The van der Waals surface area contributed by atoms with Gasteiger partial charge in [-0.05, 0) is 5.92 Å². The Hall–Kier alpha value is -1.31. The summed E-state index contributed by atoms with van der Waals surface area (Å²) in [4.78, 5) is 8.79. The number of nitrogens with zero attached hydrogens (tertiary/aromatic N) is 2. The van der Waals surface area contributed by atoms with Crippen LogP contribution in [0, 0.1) is 5.92 Å². The van der Waals surface area contributed by atoms with Crippen LogP contribution in [0.2, 0.25) is 0 Å². The zero-order chi connectivity index (χ0) is 16.0. The van der Waals surface area contributed by atoms with Crippen molar-refractivity contribution in [3.63, 3.8) is 0 Å². The number of methoxy groups -OCH3 is 2. The van der Waals surface area contributed by atoms with Gasteiger partial charge in [-0.15, -0.1) is 0 Å². The Morgan fingerprint density at radius 1 is 1.10 bits per heavy atom. The van der Waals surface area contributed by atoms with E-state index < -0.39 is 18.8 Å². The van der Waals surface area contributed by atoms with Crippen LogP contribution in [0.3, 0.4) is 0 Å². The molecule has 21 heavy (non-hydrogen) atoms. The molecule has 8 heteroatoms. The highest BCUT2D eigenvalue weighted by Crippen LogP contribution is 2.20. The van der Waals surface area contributed by atoms with Gasteiger partial charge in [0.25, 0.3) is 0 Å². The monoisotopic (exact) mass is 310 g/mol. The van der Waals surface area contributed by atoms with Crippen LogP contribution in [-0.2, 0) is 14.2 Å². The van der Waals surface area contributed by atoms with E-state index in [0.29, 0.717) is 11.8 Å². The second kappa shape index (κ2) is 7.63. The molecule has 5 nitrogen and oxygen atoms in total. The predicted molar refractivity (Wildman–Crippen MR) is 72.8 cm³/mol. The molecule has 0 radical (unpaired) electrons. The quantitative estimate of drug-likeness (QED) is 0.733. The second-order valence-corrected chi connectivity index (χ2v) is 5.00. The number of alkyl halides is 3. The van der Waals surface area contributed by atoms with E-state index >= 15 is 0 Å². The van der Waals surface area contributed by atoms with Crippen molar-refractivity contribution in [2.45, 2.75) is 38.5 Å². The van der Waals surface area contributed by atoms with Gasteiger partial charge >= 0.3 is 6.18 Å². The van der Waals surface area contributed by atoms with Crippen molar-refractivity contribution in [1.82, 2.24) is 0 Å². The van der Waals surface area contributed by atoms with E-state index in [1.54, 1.807) is 0 Å². The summed E-state index contributed by atoms with van der Waals surface area (Å²) in [5, 5.41) is 0. The molecule has 0 aromatic rings. The highest BCUT2D eigenvalue weighted by molar-refractivity contribution is 5.94. The van der Waals surface area contributed by atoms with Crippen LogP contribution in [0.25, 0.3) is 0 Å². The first-order valence-corrected chi connectivity index (χ1v) is 6.66. The zero-order valence-corrected chi connectivity index (χ0v) is 12.6. The molecule has 0 bridgehead atoms. The smallest absolute Gasteiger partial charge is 0.411 e. The summed E-state index contributed by atoms with van der Waals surface area (Å²) in [6, 6.07) is -0.717. The lowest BCUT2D eigenvalue weighted by Gasteiger charge is -2.27. The molecule has 1 aliphatic heterocycles. The fourth-order valence-electron chi connectivity index (χ4n) is 1.93. The number of hydrogen-bond donors (Lipinski definition) is 0. The van der Waals surface area contributed by atoms with Gasteiger partial charge in [0.1, 0.15) is 18.7 Å². The van der Waals surface area contributed by atoms with Gasteiger partial charge in [-0.25, -0.2) is 9.98 Å². The van der Waals surface area contributed by atoms with E-state index in [4.69, 9.17) is 9.47 Å². The Kier molecular flexibility index (Phi) is 6.44. The normalized spacial score (nSPS) is 22.9. The molecular formula is C13H21F3N2O3. The second-order valence-electron chi connectivity index (χ2n) is 5.00. The zero-order valence-electron chi connectivity index (χ0n) is 12.6. The maximum absolute atomic E-state index is 12.0. The van der Waals surface area contributed by atoms with Crippen molar-refractivity contribution in [3.05, 3.63) is 0 Å². The van der Waals surface area contributed by atoms with E-state index in [-0.39, 0.29) is 25.0 Å². The molecule has 0 saturated carbocycles. The minimum absolute atomic E-state index is 0.0839. The largest absolute Gasteiger partial charge is 0.483 e. The maximum Gasteiger partial charge on any atom is 0.411 e. The van der Waals surface area contributed by atoms with Crippen LogP contribution in [0.4, 0.5) is 13.2 Å². The summed E-state index contributed by atoms with van der Waals surface area (Å²) in [5.74, 6) is 1.04. The lowest BCUT2D eigenvalue weighted by atomic mass is 10.0. The number of rotatable bonds is 5. The van der Waals surface area contributed by atoms with Crippen LogP contribution in [-0.4, -0.2) is 57.5 Å². The van der Waals surface area contributed by atoms with Crippen molar-refractivity contribution in [2.24, 2.45) is 15.9 Å². The lowest BCUT2D eigenvalue weighted by Crippen LogP contribution is -2.38. The van der Waals surface area contributed by atoms with Gasteiger partial charge in [0, 0.05) is 13.0 Å². The third-order valence-corrected chi connectivity index (χ3v) is 2.94. The van der Waals surface area contributed by atoms with Crippen molar-refractivity contribution < 1.29 is 27.4 Å². The first-order chi connectivity index (χ1) is 9.78. The molecule has 0 spiro atoms. The molecular weight excluding hydrogens is 289 g/mol. The summed E-state index contributed by atoms with van der Waals surface area (Å²) in [6.07, 6.45) is -4.07. The van der Waals surface area contributed by atoms with Gasteiger partial charge < -0.3 is 14.2 Å². The van der Waals surface area contributed by atoms with Crippen LogP contribution in [0.1, 0.15) is 20.3 Å². The number of aliphatic imine (C=N–C) groups is 2. The Morgan fingerprint density at radius 3 is 2.19 bits per heavy atom. The average molecular weight is 310 g/mol. The first-order valence-electron chi connectivity index (χ1n) is 6.66. The Bertz CT molecular complexity index is 395. The molecule has 1 heterocycles. The molecule has 0 amide bonds. The summed E-state index contributed by atoms with van der Waals surface area (Å²) in [6.45, 7) is 2.60. The third-order valence-electron chi connectivity index (χ3n) is 2.94. The van der Waals surface area contributed by atoms with Crippen molar-refractivity contribution in [2.75, 3.05) is 27.4 Å². The van der Waals surface area contributed by atoms with Gasteiger partial charge in [0.05, 0.1) is 14.2 Å². The van der Waals surface area contributed by atoms with Crippen molar-refractivity contribution >= 4 is 11.8 Å². The summed E-state index contributed by atoms with van der Waals surface area (Å²) >= 11 is 0.